The molecule has 0 aliphatic heterocycles. The van der Waals surface area contributed by atoms with Crippen molar-refractivity contribution in [3.05, 3.63) is 52.6 Å². The number of rotatable bonds is 5. The molecule has 0 atom stereocenters. The molecule has 7 nitrogen and oxygen atoms in total. The van der Waals surface area contributed by atoms with Crippen molar-refractivity contribution in [2.45, 2.75) is 0 Å². The zero-order chi connectivity index (χ0) is 13.5. The third-order valence-electron chi connectivity index (χ3n) is 1.98. The summed E-state index contributed by atoms with van der Waals surface area (Å²) in [6, 6.07) is 4.98. The Hall–Kier alpha value is -2.70. The fourth-order valence-corrected chi connectivity index (χ4v) is 1.16. The molecule has 0 bridgehead atoms. The molecular formula is C11H10N2O5. The fourth-order valence-electron chi connectivity index (χ4n) is 1.16. The SMILES string of the molecule is C=CCOC(=O)C(=NO)c1ccc([N+](=O)[O-])cc1. The van der Waals surface area contributed by atoms with Crippen molar-refractivity contribution >= 4 is 17.4 Å². The van der Waals surface area contributed by atoms with E-state index < -0.39 is 10.9 Å². The van der Waals surface area contributed by atoms with Gasteiger partial charge in [0.15, 0.2) is 5.71 Å². The van der Waals surface area contributed by atoms with Crippen molar-refractivity contribution in [2.24, 2.45) is 5.16 Å². The number of carbonyl (C=O) groups is 1. The van der Waals surface area contributed by atoms with Crippen LogP contribution in [0.2, 0.25) is 0 Å². The van der Waals surface area contributed by atoms with Gasteiger partial charge in [-0.2, -0.15) is 0 Å². The molecule has 0 aromatic heterocycles. The van der Waals surface area contributed by atoms with Gasteiger partial charge < -0.3 is 9.94 Å². The van der Waals surface area contributed by atoms with Crippen molar-refractivity contribution in [3.8, 4) is 0 Å². The molecule has 1 rings (SSSR count). The number of hydrogen-bond donors (Lipinski definition) is 1. The minimum atomic E-state index is -0.841. The summed E-state index contributed by atoms with van der Waals surface area (Å²) in [6.07, 6.45) is 1.36. The lowest BCUT2D eigenvalue weighted by Gasteiger charge is -2.03. The zero-order valence-corrected chi connectivity index (χ0v) is 9.28. The number of carbonyl (C=O) groups excluding carboxylic acids is 1. The van der Waals surface area contributed by atoms with Gasteiger partial charge in [0, 0.05) is 17.7 Å². The number of esters is 1. The molecule has 0 aliphatic rings. The normalized spacial score (nSPS) is 10.8. The van der Waals surface area contributed by atoms with E-state index in [9.17, 15) is 14.9 Å². The summed E-state index contributed by atoms with van der Waals surface area (Å²) in [5.41, 5.74) is -0.237. The van der Waals surface area contributed by atoms with Crippen LogP contribution in [-0.2, 0) is 9.53 Å². The first-order chi connectivity index (χ1) is 8.60. The van der Waals surface area contributed by atoms with Crippen LogP contribution in [0.15, 0.2) is 42.1 Å². The second-order valence-corrected chi connectivity index (χ2v) is 3.14. The molecule has 1 aromatic rings. The van der Waals surface area contributed by atoms with Gasteiger partial charge in [0.25, 0.3) is 5.69 Å². The number of benzene rings is 1. The molecule has 0 heterocycles. The first-order valence-corrected chi connectivity index (χ1v) is 4.85. The van der Waals surface area contributed by atoms with Crippen LogP contribution in [0.1, 0.15) is 5.56 Å². The Kier molecular flexibility index (Phi) is 4.56. The predicted molar refractivity (Wildman–Crippen MR) is 62.6 cm³/mol. The van der Waals surface area contributed by atoms with Crippen LogP contribution in [0.4, 0.5) is 5.69 Å². The van der Waals surface area contributed by atoms with Gasteiger partial charge in [-0.25, -0.2) is 4.79 Å². The Bertz CT molecular complexity index is 493. The molecule has 94 valence electrons. The Balaban J connectivity index is 2.93. The van der Waals surface area contributed by atoms with E-state index in [0.29, 0.717) is 0 Å². The maximum Gasteiger partial charge on any atom is 0.361 e. The Labute approximate surface area is 102 Å². The number of non-ortho nitro benzene ring substituents is 1. The molecule has 0 amide bonds. The quantitative estimate of drug-likeness (QED) is 0.213. The minimum absolute atomic E-state index is 0.0230. The van der Waals surface area contributed by atoms with Crippen LogP contribution < -0.4 is 0 Å². The number of nitro groups is 1. The van der Waals surface area contributed by atoms with Crippen LogP contribution in [0, 0.1) is 10.1 Å². The van der Waals surface area contributed by atoms with E-state index in [1.165, 1.54) is 30.3 Å². The lowest BCUT2D eigenvalue weighted by molar-refractivity contribution is -0.384. The maximum atomic E-state index is 11.5. The van der Waals surface area contributed by atoms with Crippen molar-refractivity contribution < 1.29 is 19.7 Å². The molecule has 18 heavy (non-hydrogen) atoms. The lowest BCUT2D eigenvalue weighted by atomic mass is 10.1. The van der Waals surface area contributed by atoms with Gasteiger partial charge in [0.1, 0.15) is 6.61 Å². The van der Waals surface area contributed by atoms with E-state index in [4.69, 9.17) is 9.94 Å². The van der Waals surface area contributed by atoms with Gasteiger partial charge in [-0.15, -0.1) is 0 Å². The Morgan fingerprint density at radius 2 is 2.11 bits per heavy atom. The highest BCUT2D eigenvalue weighted by Gasteiger charge is 2.17. The van der Waals surface area contributed by atoms with E-state index >= 15 is 0 Å². The summed E-state index contributed by atoms with van der Waals surface area (Å²) in [6.45, 7) is 3.34. The van der Waals surface area contributed by atoms with E-state index in [1.807, 2.05) is 0 Å². The number of nitrogens with zero attached hydrogens (tertiary/aromatic N) is 2. The summed E-state index contributed by atoms with van der Waals surface area (Å²) < 4.78 is 4.69. The first kappa shape index (κ1) is 13.4. The highest BCUT2D eigenvalue weighted by Crippen LogP contribution is 2.13. The summed E-state index contributed by atoms with van der Waals surface area (Å²) in [7, 11) is 0. The van der Waals surface area contributed by atoms with E-state index in [0.717, 1.165) is 0 Å². The van der Waals surface area contributed by atoms with Gasteiger partial charge in [-0.1, -0.05) is 17.8 Å². The first-order valence-electron chi connectivity index (χ1n) is 4.85. The largest absolute Gasteiger partial charge is 0.457 e. The molecule has 1 N–H and O–H groups in total. The molecule has 0 fully saturated rings. The number of oxime groups is 1. The third-order valence-corrected chi connectivity index (χ3v) is 1.98. The second-order valence-electron chi connectivity index (χ2n) is 3.14. The van der Waals surface area contributed by atoms with Gasteiger partial charge >= 0.3 is 5.97 Å². The second kappa shape index (κ2) is 6.14. The van der Waals surface area contributed by atoms with Crippen LogP contribution in [-0.4, -0.2) is 28.4 Å². The number of ether oxygens (including phenoxy) is 1. The smallest absolute Gasteiger partial charge is 0.361 e. The van der Waals surface area contributed by atoms with Crippen LogP contribution in [0.3, 0.4) is 0 Å². The van der Waals surface area contributed by atoms with Crippen molar-refractivity contribution in [2.75, 3.05) is 6.61 Å². The van der Waals surface area contributed by atoms with E-state index in [-0.39, 0.29) is 23.6 Å². The summed E-state index contributed by atoms with van der Waals surface area (Å²) in [5.74, 6) is -0.841. The Morgan fingerprint density at radius 3 is 2.56 bits per heavy atom. The van der Waals surface area contributed by atoms with Gasteiger partial charge in [0.05, 0.1) is 4.92 Å². The molecule has 0 saturated heterocycles. The average Bonchev–Trinajstić information content (AvgIpc) is 2.37. The van der Waals surface area contributed by atoms with Crippen molar-refractivity contribution in [3.63, 3.8) is 0 Å². The van der Waals surface area contributed by atoms with E-state index in [2.05, 4.69) is 11.7 Å². The Morgan fingerprint density at radius 1 is 1.50 bits per heavy atom. The minimum Gasteiger partial charge on any atom is -0.457 e. The molecule has 0 saturated carbocycles. The monoisotopic (exact) mass is 250 g/mol. The molecule has 0 spiro atoms. The molecule has 0 aliphatic carbocycles. The molecule has 1 aromatic carbocycles. The predicted octanol–water partition coefficient (Wildman–Crippen LogP) is 1.50. The highest BCUT2D eigenvalue weighted by molar-refractivity contribution is 6.43. The number of nitro benzene ring substituents is 1. The average molecular weight is 250 g/mol. The lowest BCUT2D eigenvalue weighted by Crippen LogP contribution is -2.19. The zero-order valence-electron chi connectivity index (χ0n) is 9.28. The standard InChI is InChI=1S/C11H10N2O5/c1-2-7-18-11(14)10(12-15)8-3-5-9(6-4-8)13(16)17/h2-6,15H,1,7H2. The molecule has 0 radical (unpaired) electrons. The summed E-state index contributed by atoms with van der Waals surface area (Å²) >= 11 is 0. The van der Waals surface area contributed by atoms with Gasteiger partial charge in [-0.3, -0.25) is 10.1 Å². The fraction of sp³-hybridized carbons (Fsp3) is 0.0909. The molecule has 0 unspecified atom stereocenters. The van der Waals surface area contributed by atoms with Crippen LogP contribution in [0.25, 0.3) is 0 Å². The third kappa shape index (κ3) is 3.14. The summed E-state index contributed by atoms with van der Waals surface area (Å²) in [4.78, 5) is 21.3. The van der Waals surface area contributed by atoms with E-state index in [1.54, 1.807) is 0 Å². The van der Waals surface area contributed by atoms with Crippen molar-refractivity contribution in [1.29, 1.82) is 0 Å². The summed E-state index contributed by atoms with van der Waals surface area (Å²) in [5, 5.41) is 22.0. The molecule has 7 heteroatoms. The van der Waals surface area contributed by atoms with Crippen molar-refractivity contribution in [1.82, 2.24) is 0 Å². The molecular weight excluding hydrogens is 240 g/mol. The van der Waals surface area contributed by atoms with Crippen LogP contribution >= 0.6 is 0 Å². The number of hydrogen-bond acceptors (Lipinski definition) is 6. The maximum absolute atomic E-state index is 11.5. The van der Waals surface area contributed by atoms with Crippen LogP contribution in [0.5, 0.6) is 0 Å². The highest BCUT2D eigenvalue weighted by atomic mass is 16.6. The van der Waals surface area contributed by atoms with Gasteiger partial charge in [0.2, 0.25) is 0 Å². The topological polar surface area (TPSA) is 102 Å². The van der Waals surface area contributed by atoms with Gasteiger partial charge in [-0.05, 0) is 12.1 Å².